The van der Waals surface area contributed by atoms with Crippen LogP contribution in [-0.2, 0) is 6.54 Å². The van der Waals surface area contributed by atoms with Gasteiger partial charge >= 0.3 is 0 Å². The lowest BCUT2D eigenvalue weighted by molar-refractivity contribution is 0.180. The second kappa shape index (κ2) is 3.70. The minimum atomic E-state index is -1.32. The van der Waals surface area contributed by atoms with Gasteiger partial charge in [0.2, 0.25) is 0 Å². The lowest BCUT2D eigenvalue weighted by Gasteiger charge is -2.14. The van der Waals surface area contributed by atoms with E-state index in [2.05, 4.69) is 20.1 Å². The molecule has 0 amide bonds. The Morgan fingerprint density at radius 3 is 2.75 bits per heavy atom. The first-order valence-corrected chi connectivity index (χ1v) is 5.04. The molecule has 5 nitrogen and oxygen atoms in total. The minimum absolute atomic E-state index is 0.167. The van der Waals surface area contributed by atoms with Crippen molar-refractivity contribution in [1.82, 2.24) is 24.7 Å². The highest BCUT2D eigenvalue weighted by atomic mass is 19.1. The SMILES string of the molecule is Cc1ncc(-c2ncnn2CC(C)(C)F)[nH]1. The van der Waals surface area contributed by atoms with Gasteiger partial charge < -0.3 is 4.98 Å². The van der Waals surface area contributed by atoms with E-state index < -0.39 is 5.67 Å². The van der Waals surface area contributed by atoms with Gasteiger partial charge in [0.1, 0.15) is 23.5 Å². The second-order valence-corrected chi connectivity index (χ2v) is 4.34. The number of aryl methyl sites for hydroxylation is 1. The molecule has 0 aliphatic heterocycles. The van der Waals surface area contributed by atoms with Gasteiger partial charge in [-0.25, -0.2) is 19.0 Å². The monoisotopic (exact) mass is 223 g/mol. The van der Waals surface area contributed by atoms with Gasteiger partial charge in [0.05, 0.1) is 12.7 Å². The molecule has 0 fully saturated rings. The Kier molecular flexibility index (Phi) is 2.49. The summed E-state index contributed by atoms with van der Waals surface area (Å²) in [6.45, 7) is 5.04. The van der Waals surface area contributed by atoms with E-state index in [1.165, 1.54) is 24.9 Å². The number of nitrogens with one attached hydrogen (secondary N) is 1. The van der Waals surface area contributed by atoms with Crippen molar-refractivity contribution in [3.8, 4) is 11.5 Å². The van der Waals surface area contributed by atoms with Crippen molar-refractivity contribution in [2.45, 2.75) is 33.0 Å². The number of halogens is 1. The molecule has 1 N–H and O–H groups in total. The molecule has 0 saturated carbocycles. The van der Waals surface area contributed by atoms with E-state index in [1.54, 1.807) is 6.20 Å². The van der Waals surface area contributed by atoms with E-state index in [0.717, 1.165) is 11.5 Å². The lowest BCUT2D eigenvalue weighted by Crippen LogP contribution is -2.22. The fraction of sp³-hybridized carbons (Fsp3) is 0.500. The minimum Gasteiger partial charge on any atom is -0.340 e. The molecule has 16 heavy (non-hydrogen) atoms. The summed E-state index contributed by atoms with van der Waals surface area (Å²) in [5.41, 5.74) is -0.573. The Balaban J connectivity index is 2.33. The molecular formula is C10H14FN5. The van der Waals surface area contributed by atoms with Crippen molar-refractivity contribution in [2.24, 2.45) is 0 Å². The van der Waals surface area contributed by atoms with Crippen LogP contribution in [0, 0.1) is 6.92 Å². The number of rotatable bonds is 3. The first-order chi connectivity index (χ1) is 7.46. The summed E-state index contributed by atoms with van der Waals surface area (Å²) >= 11 is 0. The summed E-state index contributed by atoms with van der Waals surface area (Å²) in [5.74, 6) is 1.40. The number of hydrogen-bond acceptors (Lipinski definition) is 3. The topological polar surface area (TPSA) is 59.4 Å². The molecule has 2 aromatic rings. The van der Waals surface area contributed by atoms with Crippen LogP contribution in [0.3, 0.4) is 0 Å². The highest BCUT2D eigenvalue weighted by molar-refractivity contribution is 5.47. The molecule has 0 spiro atoms. The number of aromatic amines is 1. The molecule has 0 aromatic carbocycles. The maximum absolute atomic E-state index is 13.5. The fourth-order valence-corrected chi connectivity index (χ4v) is 1.48. The zero-order valence-corrected chi connectivity index (χ0v) is 9.53. The third-order valence-electron chi connectivity index (χ3n) is 2.09. The van der Waals surface area contributed by atoms with E-state index >= 15 is 0 Å². The first-order valence-electron chi connectivity index (χ1n) is 5.04. The quantitative estimate of drug-likeness (QED) is 0.862. The first kappa shape index (κ1) is 10.8. The number of nitrogens with zero attached hydrogens (tertiary/aromatic N) is 4. The zero-order valence-electron chi connectivity index (χ0n) is 9.53. The van der Waals surface area contributed by atoms with Crippen LogP contribution in [-0.4, -0.2) is 30.4 Å². The zero-order chi connectivity index (χ0) is 11.8. The molecule has 0 saturated heterocycles. The van der Waals surface area contributed by atoms with Crippen LogP contribution in [0.25, 0.3) is 11.5 Å². The summed E-state index contributed by atoms with van der Waals surface area (Å²) in [4.78, 5) is 11.2. The normalized spacial score (nSPS) is 12.0. The number of aromatic nitrogens is 5. The predicted octanol–water partition coefficient (Wildman–Crippen LogP) is 1.72. The van der Waals surface area contributed by atoms with E-state index in [0.29, 0.717) is 5.82 Å². The van der Waals surface area contributed by atoms with E-state index in [9.17, 15) is 4.39 Å². The van der Waals surface area contributed by atoms with Gasteiger partial charge in [-0.15, -0.1) is 0 Å². The van der Waals surface area contributed by atoms with Gasteiger partial charge in [0.25, 0.3) is 0 Å². The molecule has 6 heteroatoms. The molecule has 2 aromatic heterocycles. The lowest BCUT2D eigenvalue weighted by atomic mass is 10.2. The third-order valence-corrected chi connectivity index (χ3v) is 2.09. The van der Waals surface area contributed by atoms with E-state index in [-0.39, 0.29) is 6.54 Å². The van der Waals surface area contributed by atoms with Crippen LogP contribution in [0.15, 0.2) is 12.5 Å². The molecule has 0 bridgehead atoms. The standard InChI is InChI=1S/C10H14FN5/c1-7-12-4-8(15-7)9-13-6-14-16(9)5-10(2,3)11/h4,6H,5H2,1-3H3,(H,12,15). The predicted molar refractivity (Wildman–Crippen MR) is 57.5 cm³/mol. The van der Waals surface area contributed by atoms with Gasteiger partial charge in [-0.3, -0.25) is 0 Å². The van der Waals surface area contributed by atoms with Gasteiger partial charge in [0.15, 0.2) is 5.82 Å². The Hall–Kier alpha value is -1.72. The average Bonchev–Trinajstić information content (AvgIpc) is 2.71. The van der Waals surface area contributed by atoms with Crippen molar-refractivity contribution < 1.29 is 4.39 Å². The van der Waals surface area contributed by atoms with Gasteiger partial charge in [0, 0.05) is 0 Å². The largest absolute Gasteiger partial charge is 0.340 e. The molecule has 2 rings (SSSR count). The molecule has 0 aliphatic carbocycles. The Morgan fingerprint density at radius 2 is 2.19 bits per heavy atom. The smallest absolute Gasteiger partial charge is 0.176 e. The summed E-state index contributed by atoms with van der Waals surface area (Å²) in [5, 5.41) is 4.00. The second-order valence-electron chi connectivity index (χ2n) is 4.34. The maximum atomic E-state index is 13.5. The molecular weight excluding hydrogens is 209 g/mol. The molecule has 2 heterocycles. The summed E-state index contributed by atoms with van der Waals surface area (Å²) in [6.07, 6.45) is 3.08. The molecule has 0 radical (unpaired) electrons. The van der Waals surface area contributed by atoms with Gasteiger partial charge in [-0.2, -0.15) is 5.10 Å². The van der Waals surface area contributed by atoms with Gasteiger partial charge in [-0.1, -0.05) is 0 Å². The number of H-pyrrole nitrogens is 1. The van der Waals surface area contributed by atoms with Crippen molar-refractivity contribution in [2.75, 3.05) is 0 Å². The average molecular weight is 223 g/mol. The molecule has 0 atom stereocenters. The fourth-order valence-electron chi connectivity index (χ4n) is 1.48. The van der Waals surface area contributed by atoms with E-state index in [4.69, 9.17) is 0 Å². The van der Waals surface area contributed by atoms with E-state index in [1.807, 2.05) is 6.92 Å². The highest BCUT2D eigenvalue weighted by Gasteiger charge is 2.20. The Morgan fingerprint density at radius 1 is 1.44 bits per heavy atom. The Bertz CT molecular complexity index is 479. The van der Waals surface area contributed by atoms with Crippen molar-refractivity contribution in [3.05, 3.63) is 18.3 Å². The molecule has 0 aliphatic rings. The number of hydrogen-bond donors (Lipinski definition) is 1. The van der Waals surface area contributed by atoms with Crippen LogP contribution in [0.4, 0.5) is 4.39 Å². The Labute approximate surface area is 92.7 Å². The highest BCUT2D eigenvalue weighted by Crippen LogP contribution is 2.17. The summed E-state index contributed by atoms with van der Waals surface area (Å²) in [7, 11) is 0. The van der Waals surface area contributed by atoms with Crippen molar-refractivity contribution in [1.29, 1.82) is 0 Å². The third kappa shape index (κ3) is 2.26. The van der Waals surface area contributed by atoms with Crippen LogP contribution >= 0.6 is 0 Å². The summed E-state index contributed by atoms with van der Waals surface area (Å²) < 4.78 is 15.1. The van der Waals surface area contributed by atoms with Crippen LogP contribution < -0.4 is 0 Å². The molecule has 0 unspecified atom stereocenters. The van der Waals surface area contributed by atoms with Gasteiger partial charge in [-0.05, 0) is 20.8 Å². The van der Waals surface area contributed by atoms with Crippen LogP contribution in [0.5, 0.6) is 0 Å². The van der Waals surface area contributed by atoms with Crippen LogP contribution in [0.1, 0.15) is 19.7 Å². The molecule has 86 valence electrons. The van der Waals surface area contributed by atoms with Crippen LogP contribution in [0.2, 0.25) is 0 Å². The maximum Gasteiger partial charge on any atom is 0.176 e. The van der Waals surface area contributed by atoms with Crippen molar-refractivity contribution in [3.63, 3.8) is 0 Å². The number of imidazole rings is 1. The number of alkyl halides is 1. The summed E-state index contributed by atoms with van der Waals surface area (Å²) in [6, 6.07) is 0. The van der Waals surface area contributed by atoms with Crippen molar-refractivity contribution >= 4 is 0 Å².